The number of aromatic nitrogens is 4. The molecule has 1 aliphatic rings. The van der Waals surface area contributed by atoms with Crippen molar-refractivity contribution >= 4 is 23.2 Å². The van der Waals surface area contributed by atoms with Gasteiger partial charge in [-0.05, 0) is 19.1 Å². The highest BCUT2D eigenvalue weighted by molar-refractivity contribution is 5.77. The summed E-state index contributed by atoms with van der Waals surface area (Å²) < 4.78 is 6.84. The average molecular weight is 341 g/mol. The number of piperazine rings is 1. The zero-order valence-electron chi connectivity index (χ0n) is 13.9. The Bertz CT molecular complexity index is 895. The van der Waals surface area contributed by atoms with Gasteiger partial charge in [0.05, 0.1) is 12.8 Å². The first-order valence-electron chi connectivity index (χ1n) is 8.14. The van der Waals surface area contributed by atoms with Crippen molar-refractivity contribution in [2.24, 2.45) is 0 Å². The number of nitrogens with two attached hydrogens (primary N) is 1. The van der Waals surface area contributed by atoms with Crippen molar-refractivity contribution in [2.75, 3.05) is 43.4 Å². The van der Waals surface area contributed by atoms with Crippen molar-refractivity contribution < 1.29 is 9.21 Å². The summed E-state index contributed by atoms with van der Waals surface area (Å²) in [4.78, 5) is 24.5. The minimum atomic E-state index is 0.186. The summed E-state index contributed by atoms with van der Waals surface area (Å²) in [5.74, 6) is 2.30. The van der Waals surface area contributed by atoms with Crippen molar-refractivity contribution in [1.29, 1.82) is 0 Å². The molecule has 0 unspecified atom stereocenters. The van der Waals surface area contributed by atoms with Gasteiger partial charge in [0.15, 0.2) is 11.4 Å². The van der Waals surface area contributed by atoms with Crippen molar-refractivity contribution in [1.82, 2.24) is 24.5 Å². The lowest BCUT2D eigenvalue weighted by Crippen LogP contribution is -2.48. The van der Waals surface area contributed by atoms with Crippen molar-refractivity contribution in [2.45, 2.75) is 6.92 Å². The van der Waals surface area contributed by atoms with Gasteiger partial charge in [0, 0.05) is 32.2 Å². The molecule has 0 atom stereocenters. The largest absolute Gasteiger partial charge is 0.461 e. The van der Waals surface area contributed by atoms with Gasteiger partial charge in [-0.2, -0.15) is 9.50 Å². The number of ketones is 1. The summed E-state index contributed by atoms with van der Waals surface area (Å²) in [6, 6.07) is 5.46. The van der Waals surface area contributed by atoms with Crippen LogP contribution in [0.15, 0.2) is 28.9 Å². The molecule has 0 amide bonds. The Morgan fingerprint density at radius 1 is 1.28 bits per heavy atom. The van der Waals surface area contributed by atoms with Gasteiger partial charge in [0.25, 0.3) is 0 Å². The lowest BCUT2D eigenvalue weighted by Gasteiger charge is -2.34. The second kappa shape index (κ2) is 6.17. The Kier molecular flexibility index (Phi) is 3.85. The normalized spacial score (nSPS) is 15.8. The van der Waals surface area contributed by atoms with E-state index in [4.69, 9.17) is 10.2 Å². The van der Waals surface area contributed by atoms with Gasteiger partial charge in [-0.25, -0.2) is 4.98 Å². The number of carbonyl (C=O) groups is 1. The number of fused-ring (bicyclic) bond motifs is 1. The molecule has 9 nitrogen and oxygen atoms in total. The molecule has 2 N–H and O–H groups in total. The molecular formula is C16H19N7O2. The molecule has 4 heterocycles. The van der Waals surface area contributed by atoms with Gasteiger partial charge in [0.2, 0.25) is 11.8 Å². The van der Waals surface area contributed by atoms with Gasteiger partial charge in [-0.3, -0.25) is 9.69 Å². The highest BCUT2D eigenvalue weighted by Crippen LogP contribution is 2.21. The molecular weight excluding hydrogens is 322 g/mol. The van der Waals surface area contributed by atoms with Crippen molar-refractivity contribution in [3.63, 3.8) is 0 Å². The van der Waals surface area contributed by atoms with Crippen molar-refractivity contribution in [3.8, 4) is 11.6 Å². The van der Waals surface area contributed by atoms with Crippen LogP contribution in [-0.2, 0) is 4.79 Å². The SMILES string of the molecule is CC(=O)CN1CCN(c2cc3nc(-c4ccco4)nn3c(N)n2)CC1. The standard InChI is InChI=1S/C16H19N7O2/c1-11(24)10-21-4-6-22(7-5-21)13-9-14-18-15(12-3-2-8-25-12)20-23(14)16(17)19-13/h2-3,8-9H,4-7,10H2,1H3,(H2,17,19). The summed E-state index contributed by atoms with van der Waals surface area (Å²) in [6.07, 6.45) is 1.58. The molecule has 3 aromatic rings. The lowest BCUT2D eigenvalue weighted by atomic mass is 10.3. The zero-order valence-corrected chi connectivity index (χ0v) is 13.9. The average Bonchev–Trinajstić information content (AvgIpc) is 3.24. The van der Waals surface area contributed by atoms with Crippen LogP contribution < -0.4 is 10.6 Å². The third-order valence-corrected chi connectivity index (χ3v) is 4.22. The van der Waals surface area contributed by atoms with E-state index < -0.39 is 0 Å². The smallest absolute Gasteiger partial charge is 0.225 e. The summed E-state index contributed by atoms with van der Waals surface area (Å²) in [7, 11) is 0. The highest BCUT2D eigenvalue weighted by Gasteiger charge is 2.21. The maximum atomic E-state index is 11.2. The van der Waals surface area contributed by atoms with Crippen LogP contribution in [0.25, 0.3) is 17.2 Å². The summed E-state index contributed by atoms with van der Waals surface area (Å²) in [5, 5.41) is 4.35. The molecule has 1 saturated heterocycles. The Hall–Kier alpha value is -2.94. The van der Waals surface area contributed by atoms with E-state index in [0.29, 0.717) is 23.8 Å². The fourth-order valence-corrected chi connectivity index (χ4v) is 3.02. The third kappa shape index (κ3) is 3.05. The highest BCUT2D eigenvalue weighted by atomic mass is 16.3. The molecule has 0 aliphatic carbocycles. The van der Waals surface area contributed by atoms with Crippen LogP contribution in [0.4, 0.5) is 11.8 Å². The quantitative estimate of drug-likeness (QED) is 0.738. The Morgan fingerprint density at radius 3 is 2.76 bits per heavy atom. The Balaban J connectivity index is 1.58. The van der Waals surface area contributed by atoms with Crippen LogP contribution in [0.2, 0.25) is 0 Å². The topological polar surface area (TPSA) is 106 Å². The van der Waals surface area contributed by atoms with E-state index in [9.17, 15) is 4.79 Å². The maximum absolute atomic E-state index is 11.2. The predicted molar refractivity (Wildman–Crippen MR) is 92.2 cm³/mol. The van der Waals surface area contributed by atoms with E-state index in [1.54, 1.807) is 25.3 Å². The molecule has 25 heavy (non-hydrogen) atoms. The number of hydrogen-bond donors (Lipinski definition) is 1. The lowest BCUT2D eigenvalue weighted by molar-refractivity contribution is -0.118. The van der Waals surface area contributed by atoms with Crippen molar-refractivity contribution in [3.05, 3.63) is 24.5 Å². The van der Waals surface area contributed by atoms with Gasteiger partial charge in [0.1, 0.15) is 11.6 Å². The summed E-state index contributed by atoms with van der Waals surface area (Å²) in [6.45, 7) is 5.32. The number of furan rings is 1. The Morgan fingerprint density at radius 2 is 2.08 bits per heavy atom. The first-order valence-corrected chi connectivity index (χ1v) is 8.14. The van der Waals surface area contributed by atoms with E-state index in [2.05, 4.69) is 24.9 Å². The van der Waals surface area contributed by atoms with Gasteiger partial charge in [-0.15, -0.1) is 5.10 Å². The van der Waals surface area contributed by atoms with Gasteiger partial charge < -0.3 is 15.1 Å². The first kappa shape index (κ1) is 15.6. The maximum Gasteiger partial charge on any atom is 0.225 e. The molecule has 3 aromatic heterocycles. The van der Waals surface area contributed by atoms with E-state index in [0.717, 1.165) is 32.0 Å². The molecule has 1 fully saturated rings. The van der Waals surface area contributed by atoms with Crippen LogP contribution in [0.3, 0.4) is 0 Å². The minimum Gasteiger partial charge on any atom is -0.461 e. The third-order valence-electron chi connectivity index (χ3n) is 4.22. The monoisotopic (exact) mass is 341 g/mol. The molecule has 0 radical (unpaired) electrons. The predicted octanol–water partition coefficient (Wildman–Crippen LogP) is 0.677. The summed E-state index contributed by atoms with van der Waals surface area (Å²) >= 11 is 0. The number of carbonyl (C=O) groups excluding carboxylic acids is 1. The fourth-order valence-electron chi connectivity index (χ4n) is 3.02. The fraction of sp³-hybridized carbons (Fsp3) is 0.375. The molecule has 9 heteroatoms. The molecule has 1 aliphatic heterocycles. The van der Waals surface area contributed by atoms with Crippen LogP contribution in [0.5, 0.6) is 0 Å². The van der Waals surface area contributed by atoms with Gasteiger partial charge in [-0.1, -0.05) is 0 Å². The van der Waals surface area contributed by atoms with E-state index in [1.165, 1.54) is 4.52 Å². The minimum absolute atomic E-state index is 0.186. The van der Waals surface area contributed by atoms with Crippen LogP contribution in [0.1, 0.15) is 6.92 Å². The van der Waals surface area contributed by atoms with Crippen LogP contribution >= 0.6 is 0 Å². The van der Waals surface area contributed by atoms with Gasteiger partial charge >= 0.3 is 0 Å². The van der Waals surface area contributed by atoms with E-state index in [-0.39, 0.29) is 11.7 Å². The number of anilines is 2. The first-order chi connectivity index (χ1) is 12.1. The second-order valence-corrected chi connectivity index (χ2v) is 6.12. The second-order valence-electron chi connectivity index (χ2n) is 6.12. The summed E-state index contributed by atoms with van der Waals surface area (Å²) in [5.41, 5.74) is 6.69. The number of rotatable bonds is 4. The number of hydrogen-bond acceptors (Lipinski definition) is 8. The molecule has 0 spiro atoms. The molecule has 4 rings (SSSR count). The zero-order chi connectivity index (χ0) is 17.4. The molecule has 0 aromatic carbocycles. The molecule has 0 bridgehead atoms. The Labute approximate surface area is 144 Å². The number of Topliss-reactive ketones (excluding diaryl/α,β-unsaturated/α-hetero) is 1. The molecule has 0 saturated carbocycles. The van der Waals surface area contributed by atoms with Crippen LogP contribution in [-0.4, -0.2) is 63.0 Å². The number of nitrogens with zero attached hydrogens (tertiary/aromatic N) is 6. The van der Waals surface area contributed by atoms with E-state index >= 15 is 0 Å². The van der Waals surface area contributed by atoms with Crippen LogP contribution in [0, 0.1) is 0 Å². The van der Waals surface area contributed by atoms with E-state index in [1.807, 2.05) is 6.07 Å². The molecule has 130 valence electrons. The number of nitrogen functional groups attached to an aromatic ring is 1.